The SMILES string of the molecule is CCOc1ccccc1NC(=O)C(c1ccccc1)N1CCN(CCCOCC(F)(F)F)CC1. The van der Waals surface area contributed by atoms with Gasteiger partial charge in [-0.1, -0.05) is 42.5 Å². The molecule has 1 fully saturated rings. The van der Waals surface area contributed by atoms with Crippen LogP contribution in [0, 0.1) is 0 Å². The Morgan fingerprint density at radius 2 is 1.71 bits per heavy atom. The largest absolute Gasteiger partial charge is 0.492 e. The number of nitrogens with zero attached hydrogens (tertiary/aromatic N) is 2. The van der Waals surface area contributed by atoms with E-state index in [1.165, 1.54) is 0 Å². The van der Waals surface area contributed by atoms with Gasteiger partial charge in [-0.2, -0.15) is 13.2 Å². The third kappa shape index (κ3) is 8.00. The summed E-state index contributed by atoms with van der Waals surface area (Å²) < 4.78 is 46.9. The maximum absolute atomic E-state index is 13.4. The molecule has 0 bridgehead atoms. The second-order valence-electron chi connectivity index (χ2n) is 8.13. The number of carbonyl (C=O) groups excluding carboxylic acids is 1. The topological polar surface area (TPSA) is 54.0 Å². The first-order valence-corrected chi connectivity index (χ1v) is 11.6. The Balaban J connectivity index is 1.59. The molecule has 3 rings (SSSR count). The molecule has 1 aliphatic rings. The zero-order chi connectivity index (χ0) is 24.4. The number of para-hydroxylation sites is 2. The van der Waals surface area contributed by atoms with Crippen LogP contribution in [0.25, 0.3) is 0 Å². The zero-order valence-electron chi connectivity index (χ0n) is 19.4. The molecule has 0 spiro atoms. The van der Waals surface area contributed by atoms with Crippen molar-refractivity contribution >= 4 is 11.6 Å². The van der Waals surface area contributed by atoms with Gasteiger partial charge in [0.15, 0.2) is 0 Å². The van der Waals surface area contributed by atoms with Crippen LogP contribution in [0.5, 0.6) is 5.75 Å². The highest BCUT2D eigenvalue weighted by Gasteiger charge is 2.31. The Morgan fingerprint density at radius 1 is 1.03 bits per heavy atom. The maximum atomic E-state index is 13.4. The number of piperazine rings is 1. The van der Waals surface area contributed by atoms with Gasteiger partial charge in [-0.3, -0.25) is 9.69 Å². The molecule has 1 N–H and O–H groups in total. The molecule has 1 atom stereocenters. The summed E-state index contributed by atoms with van der Waals surface area (Å²) in [7, 11) is 0. The van der Waals surface area contributed by atoms with E-state index in [4.69, 9.17) is 9.47 Å². The van der Waals surface area contributed by atoms with E-state index < -0.39 is 18.8 Å². The van der Waals surface area contributed by atoms with Crippen molar-refractivity contribution in [2.75, 3.05) is 57.9 Å². The Labute approximate surface area is 198 Å². The van der Waals surface area contributed by atoms with Crippen LogP contribution in [0.15, 0.2) is 54.6 Å². The number of benzene rings is 2. The second kappa shape index (κ2) is 12.7. The number of rotatable bonds is 11. The zero-order valence-corrected chi connectivity index (χ0v) is 19.4. The summed E-state index contributed by atoms with van der Waals surface area (Å²) in [6.45, 7) is 4.72. The molecule has 2 aromatic rings. The summed E-state index contributed by atoms with van der Waals surface area (Å²) in [6, 6.07) is 16.6. The van der Waals surface area contributed by atoms with Gasteiger partial charge in [-0.15, -0.1) is 0 Å². The van der Waals surface area contributed by atoms with Gasteiger partial charge in [0.25, 0.3) is 0 Å². The second-order valence-corrected chi connectivity index (χ2v) is 8.13. The van der Waals surface area contributed by atoms with Gasteiger partial charge in [0, 0.05) is 39.3 Å². The fraction of sp³-hybridized carbons (Fsp3) is 0.480. The molecule has 1 amide bonds. The van der Waals surface area contributed by atoms with Gasteiger partial charge in [0.05, 0.1) is 12.3 Å². The first-order valence-electron chi connectivity index (χ1n) is 11.6. The van der Waals surface area contributed by atoms with Gasteiger partial charge in [0.1, 0.15) is 18.4 Å². The number of ether oxygens (including phenoxy) is 2. The van der Waals surface area contributed by atoms with Crippen LogP contribution in [-0.4, -0.2) is 74.4 Å². The summed E-state index contributed by atoms with van der Waals surface area (Å²) in [4.78, 5) is 17.8. The number of carbonyl (C=O) groups is 1. The van der Waals surface area contributed by atoms with Crippen molar-refractivity contribution in [3.8, 4) is 5.75 Å². The number of anilines is 1. The molecule has 9 heteroatoms. The monoisotopic (exact) mass is 479 g/mol. The van der Waals surface area contributed by atoms with Gasteiger partial charge in [-0.05, 0) is 31.0 Å². The van der Waals surface area contributed by atoms with Crippen LogP contribution in [0.3, 0.4) is 0 Å². The fourth-order valence-electron chi connectivity index (χ4n) is 4.04. The van der Waals surface area contributed by atoms with Crippen molar-refractivity contribution in [2.24, 2.45) is 0 Å². The quantitative estimate of drug-likeness (QED) is 0.486. The first-order chi connectivity index (χ1) is 16.4. The molecule has 1 saturated heterocycles. The molecular formula is C25H32F3N3O3. The Morgan fingerprint density at radius 3 is 2.38 bits per heavy atom. The van der Waals surface area contributed by atoms with Crippen molar-refractivity contribution in [2.45, 2.75) is 25.6 Å². The molecule has 186 valence electrons. The van der Waals surface area contributed by atoms with E-state index in [0.29, 0.717) is 44.1 Å². The molecule has 0 aromatic heterocycles. The lowest BCUT2D eigenvalue weighted by Crippen LogP contribution is -2.50. The smallest absolute Gasteiger partial charge is 0.411 e. The normalized spacial score (nSPS) is 16.2. The first kappa shape index (κ1) is 26.0. The number of alkyl halides is 3. The van der Waals surface area contributed by atoms with Crippen LogP contribution in [0.2, 0.25) is 0 Å². The highest BCUT2D eigenvalue weighted by Crippen LogP contribution is 2.28. The third-order valence-electron chi connectivity index (χ3n) is 5.61. The maximum Gasteiger partial charge on any atom is 0.411 e. The van der Waals surface area contributed by atoms with E-state index in [0.717, 1.165) is 18.7 Å². The molecule has 6 nitrogen and oxygen atoms in total. The van der Waals surface area contributed by atoms with Crippen molar-refractivity contribution in [1.82, 2.24) is 9.80 Å². The predicted octanol–water partition coefficient (Wildman–Crippen LogP) is 4.35. The Hall–Kier alpha value is -2.62. The number of hydrogen-bond donors (Lipinski definition) is 1. The Bertz CT molecular complexity index is 888. The van der Waals surface area contributed by atoms with Gasteiger partial charge < -0.3 is 19.7 Å². The fourth-order valence-corrected chi connectivity index (χ4v) is 4.04. The van der Waals surface area contributed by atoms with E-state index in [1.807, 2.05) is 61.5 Å². The molecule has 0 radical (unpaired) electrons. The number of hydrogen-bond acceptors (Lipinski definition) is 5. The molecule has 0 aliphatic carbocycles. The van der Waals surface area contributed by atoms with Crippen LogP contribution < -0.4 is 10.1 Å². The van der Waals surface area contributed by atoms with Crippen LogP contribution in [0.1, 0.15) is 24.9 Å². The van der Waals surface area contributed by atoms with E-state index >= 15 is 0 Å². The standard InChI is InChI=1S/C25H32F3N3O3/c1-2-34-22-12-7-6-11-21(22)29-24(32)23(20-9-4-3-5-10-20)31-16-14-30(15-17-31)13-8-18-33-19-25(26,27)28/h3-7,9-12,23H,2,8,13-19H2,1H3,(H,29,32). The van der Waals surface area contributed by atoms with E-state index in [-0.39, 0.29) is 12.5 Å². The van der Waals surface area contributed by atoms with Gasteiger partial charge in [0.2, 0.25) is 5.91 Å². The average molecular weight is 480 g/mol. The van der Waals surface area contributed by atoms with Crippen molar-refractivity contribution in [3.05, 3.63) is 60.2 Å². The highest BCUT2D eigenvalue weighted by molar-refractivity contribution is 5.96. The van der Waals surface area contributed by atoms with Crippen molar-refractivity contribution in [3.63, 3.8) is 0 Å². The van der Waals surface area contributed by atoms with E-state index in [2.05, 4.69) is 15.1 Å². The lowest BCUT2D eigenvalue weighted by Gasteiger charge is -2.38. The van der Waals surface area contributed by atoms with Crippen LogP contribution in [0.4, 0.5) is 18.9 Å². The minimum atomic E-state index is -4.29. The van der Waals surface area contributed by atoms with E-state index in [1.54, 1.807) is 0 Å². The Kier molecular flexibility index (Phi) is 9.74. The molecule has 34 heavy (non-hydrogen) atoms. The molecule has 1 aliphatic heterocycles. The molecule has 1 heterocycles. The number of halogens is 3. The molecular weight excluding hydrogens is 447 g/mol. The minimum Gasteiger partial charge on any atom is -0.492 e. The summed E-state index contributed by atoms with van der Waals surface area (Å²) in [5, 5.41) is 3.04. The average Bonchev–Trinajstić information content (AvgIpc) is 2.81. The lowest BCUT2D eigenvalue weighted by atomic mass is 10.0. The molecule has 0 saturated carbocycles. The number of amides is 1. The lowest BCUT2D eigenvalue weighted by molar-refractivity contribution is -0.174. The summed E-state index contributed by atoms with van der Waals surface area (Å²) in [6.07, 6.45) is -3.76. The van der Waals surface area contributed by atoms with E-state index in [9.17, 15) is 18.0 Å². The van der Waals surface area contributed by atoms with Crippen molar-refractivity contribution in [1.29, 1.82) is 0 Å². The highest BCUT2D eigenvalue weighted by atomic mass is 19.4. The van der Waals surface area contributed by atoms with Crippen LogP contribution in [-0.2, 0) is 9.53 Å². The minimum absolute atomic E-state index is 0.0774. The molecule has 2 aromatic carbocycles. The summed E-state index contributed by atoms with van der Waals surface area (Å²) in [5.41, 5.74) is 1.54. The van der Waals surface area contributed by atoms with Gasteiger partial charge >= 0.3 is 6.18 Å². The third-order valence-corrected chi connectivity index (χ3v) is 5.61. The van der Waals surface area contributed by atoms with Gasteiger partial charge in [-0.25, -0.2) is 0 Å². The predicted molar refractivity (Wildman–Crippen MR) is 125 cm³/mol. The van der Waals surface area contributed by atoms with Crippen molar-refractivity contribution < 1.29 is 27.4 Å². The summed E-state index contributed by atoms with van der Waals surface area (Å²) >= 11 is 0. The number of nitrogens with one attached hydrogen (secondary N) is 1. The van der Waals surface area contributed by atoms with Crippen LogP contribution >= 0.6 is 0 Å². The summed E-state index contributed by atoms with van der Waals surface area (Å²) in [5.74, 6) is 0.495. The molecule has 1 unspecified atom stereocenters.